The van der Waals surface area contributed by atoms with Crippen LogP contribution in [-0.2, 0) is 17.8 Å². The van der Waals surface area contributed by atoms with Crippen molar-refractivity contribution in [1.82, 2.24) is 14.8 Å². The van der Waals surface area contributed by atoms with Crippen molar-refractivity contribution in [2.24, 2.45) is 0 Å². The molecule has 0 spiro atoms. The number of phenols is 1. The van der Waals surface area contributed by atoms with Gasteiger partial charge in [-0.05, 0) is 48.4 Å². The summed E-state index contributed by atoms with van der Waals surface area (Å²) >= 11 is 0. The minimum atomic E-state index is -0.450. The van der Waals surface area contributed by atoms with E-state index in [0.717, 1.165) is 22.2 Å². The number of carbonyl (C=O) groups is 1. The van der Waals surface area contributed by atoms with Crippen LogP contribution in [-0.4, -0.2) is 32.8 Å². The molecule has 0 aliphatic heterocycles. The zero-order valence-electron chi connectivity index (χ0n) is 19.6. The first-order valence-corrected chi connectivity index (χ1v) is 11.3. The number of fused-ring (bicyclic) bond motifs is 2. The second-order valence-corrected chi connectivity index (χ2v) is 8.43. The predicted molar refractivity (Wildman–Crippen MR) is 135 cm³/mol. The van der Waals surface area contributed by atoms with E-state index < -0.39 is 5.56 Å². The van der Waals surface area contributed by atoms with Gasteiger partial charge in [0.1, 0.15) is 17.8 Å². The summed E-state index contributed by atoms with van der Waals surface area (Å²) in [5, 5.41) is 15.5. The first-order chi connectivity index (χ1) is 16.8. The SMILES string of the molecule is CCc1cccc(-c2nn(CC(=O)N(C)c3ccc4nc(C)oc4c3)c(=O)c3cc(O)ccc23)c1. The van der Waals surface area contributed by atoms with Gasteiger partial charge in [0.05, 0.1) is 11.1 Å². The number of carbonyl (C=O) groups excluding carboxylic acids is 1. The number of rotatable bonds is 5. The van der Waals surface area contributed by atoms with Crippen LogP contribution in [0.4, 0.5) is 5.69 Å². The molecule has 2 aromatic heterocycles. The molecular formula is C27H24N4O4. The summed E-state index contributed by atoms with van der Waals surface area (Å²) in [6.07, 6.45) is 0.852. The maximum Gasteiger partial charge on any atom is 0.275 e. The third kappa shape index (κ3) is 4.14. The number of anilines is 1. The third-order valence-corrected chi connectivity index (χ3v) is 6.08. The molecule has 0 bridgehead atoms. The molecule has 0 atom stereocenters. The Morgan fingerprint density at radius 3 is 2.71 bits per heavy atom. The molecule has 0 saturated carbocycles. The Labute approximate surface area is 201 Å². The van der Waals surface area contributed by atoms with Gasteiger partial charge in [-0.25, -0.2) is 9.67 Å². The highest BCUT2D eigenvalue weighted by molar-refractivity contribution is 5.96. The largest absolute Gasteiger partial charge is 0.508 e. The number of aromatic hydroxyl groups is 1. The summed E-state index contributed by atoms with van der Waals surface area (Å²) < 4.78 is 6.74. The highest BCUT2D eigenvalue weighted by Gasteiger charge is 2.18. The van der Waals surface area contributed by atoms with Crippen molar-refractivity contribution in [1.29, 1.82) is 0 Å². The summed E-state index contributed by atoms with van der Waals surface area (Å²) in [4.78, 5) is 32.2. The van der Waals surface area contributed by atoms with Gasteiger partial charge in [-0.15, -0.1) is 0 Å². The standard InChI is InChI=1S/C27H24N4O4/c1-4-17-6-5-7-18(12-17)26-21-10-9-20(32)14-22(21)27(34)31(29-26)15-25(33)30(3)19-8-11-23-24(13-19)35-16(2)28-23/h5-14,32H,4,15H2,1-3H3. The van der Waals surface area contributed by atoms with E-state index in [9.17, 15) is 14.7 Å². The minimum Gasteiger partial charge on any atom is -0.508 e. The molecule has 0 saturated heterocycles. The average molecular weight is 469 g/mol. The maximum atomic E-state index is 13.3. The third-order valence-electron chi connectivity index (χ3n) is 6.08. The number of likely N-dealkylation sites (N-methyl/N-ethyl adjacent to an activating group) is 1. The molecule has 0 fully saturated rings. The molecule has 0 unspecified atom stereocenters. The Balaban J connectivity index is 1.56. The molecule has 0 radical (unpaired) electrons. The van der Waals surface area contributed by atoms with Gasteiger partial charge in [0.15, 0.2) is 11.5 Å². The monoisotopic (exact) mass is 468 g/mol. The van der Waals surface area contributed by atoms with Crippen LogP contribution in [0, 0.1) is 6.92 Å². The first kappa shape index (κ1) is 22.3. The summed E-state index contributed by atoms with van der Waals surface area (Å²) in [5.41, 5.74) is 3.98. The molecule has 0 aliphatic carbocycles. The Morgan fingerprint density at radius 1 is 1.09 bits per heavy atom. The molecule has 8 nitrogen and oxygen atoms in total. The first-order valence-electron chi connectivity index (χ1n) is 11.3. The molecule has 1 amide bonds. The highest BCUT2D eigenvalue weighted by Crippen LogP contribution is 2.28. The molecule has 2 heterocycles. The number of hydrogen-bond acceptors (Lipinski definition) is 6. The fourth-order valence-corrected chi connectivity index (χ4v) is 4.15. The number of nitrogens with zero attached hydrogens (tertiary/aromatic N) is 4. The molecule has 0 aliphatic rings. The van der Waals surface area contributed by atoms with Crippen LogP contribution in [0.5, 0.6) is 5.75 Å². The van der Waals surface area contributed by atoms with E-state index in [2.05, 4.69) is 17.0 Å². The van der Waals surface area contributed by atoms with Crippen LogP contribution >= 0.6 is 0 Å². The van der Waals surface area contributed by atoms with Crippen LogP contribution < -0.4 is 10.5 Å². The van der Waals surface area contributed by atoms with Crippen LogP contribution in [0.3, 0.4) is 0 Å². The quantitative estimate of drug-likeness (QED) is 0.409. The summed E-state index contributed by atoms with van der Waals surface area (Å²) in [6, 6.07) is 17.8. The molecule has 8 heteroatoms. The molecule has 176 valence electrons. The van der Waals surface area contributed by atoms with Crippen molar-refractivity contribution < 1.29 is 14.3 Å². The van der Waals surface area contributed by atoms with Crippen molar-refractivity contribution >= 4 is 33.5 Å². The normalized spacial score (nSPS) is 11.3. The number of oxazole rings is 1. The van der Waals surface area contributed by atoms with Gasteiger partial charge in [-0.3, -0.25) is 9.59 Å². The fraction of sp³-hybridized carbons (Fsp3) is 0.185. The lowest BCUT2D eigenvalue weighted by molar-refractivity contribution is -0.119. The number of aryl methyl sites for hydroxylation is 2. The predicted octanol–water partition coefficient (Wildman–Crippen LogP) is 4.44. The van der Waals surface area contributed by atoms with Crippen LogP contribution in [0.25, 0.3) is 33.1 Å². The van der Waals surface area contributed by atoms with Gasteiger partial charge in [0, 0.05) is 36.7 Å². The van der Waals surface area contributed by atoms with Crippen molar-refractivity contribution in [2.45, 2.75) is 26.8 Å². The molecule has 35 heavy (non-hydrogen) atoms. The van der Waals surface area contributed by atoms with E-state index in [0.29, 0.717) is 39.1 Å². The van der Waals surface area contributed by atoms with E-state index in [1.165, 1.54) is 17.0 Å². The molecule has 5 aromatic rings. The van der Waals surface area contributed by atoms with Crippen LogP contribution in [0.1, 0.15) is 18.4 Å². The molecule has 3 aromatic carbocycles. The highest BCUT2D eigenvalue weighted by atomic mass is 16.3. The Kier molecular flexibility index (Phi) is 5.56. The van der Waals surface area contributed by atoms with E-state index in [1.807, 2.05) is 24.3 Å². The molecule has 5 rings (SSSR count). The summed E-state index contributed by atoms with van der Waals surface area (Å²) in [7, 11) is 1.64. The minimum absolute atomic E-state index is 0.0280. The lowest BCUT2D eigenvalue weighted by Crippen LogP contribution is -2.35. The van der Waals surface area contributed by atoms with Crippen molar-refractivity contribution in [3.63, 3.8) is 0 Å². The second-order valence-electron chi connectivity index (χ2n) is 8.43. The molecular weight excluding hydrogens is 444 g/mol. The van der Waals surface area contributed by atoms with Crippen molar-refractivity contribution in [2.75, 3.05) is 11.9 Å². The van der Waals surface area contributed by atoms with Crippen LogP contribution in [0.2, 0.25) is 0 Å². The van der Waals surface area contributed by atoms with Gasteiger partial charge in [0.25, 0.3) is 5.56 Å². The van der Waals surface area contributed by atoms with Gasteiger partial charge >= 0.3 is 0 Å². The topological polar surface area (TPSA) is 101 Å². The van der Waals surface area contributed by atoms with E-state index in [-0.39, 0.29) is 18.2 Å². The average Bonchev–Trinajstić information content (AvgIpc) is 3.24. The van der Waals surface area contributed by atoms with E-state index >= 15 is 0 Å². The fourth-order valence-electron chi connectivity index (χ4n) is 4.15. The number of hydrogen-bond donors (Lipinski definition) is 1. The van der Waals surface area contributed by atoms with Crippen molar-refractivity contribution in [3.05, 3.63) is 82.5 Å². The van der Waals surface area contributed by atoms with Crippen molar-refractivity contribution in [3.8, 4) is 17.0 Å². The summed E-state index contributed by atoms with van der Waals surface area (Å²) in [5.74, 6) is 0.184. The van der Waals surface area contributed by atoms with Crippen LogP contribution in [0.15, 0.2) is 69.9 Å². The lowest BCUT2D eigenvalue weighted by atomic mass is 10.0. The zero-order valence-corrected chi connectivity index (χ0v) is 19.6. The van der Waals surface area contributed by atoms with Gasteiger partial charge in [0.2, 0.25) is 5.91 Å². The zero-order chi connectivity index (χ0) is 24.7. The summed E-state index contributed by atoms with van der Waals surface area (Å²) in [6.45, 7) is 3.56. The number of benzene rings is 3. The van der Waals surface area contributed by atoms with Gasteiger partial charge < -0.3 is 14.4 Å². The van der Waals surface area contributed by atoms with E-state index in [1.54, 1.807) is 38.2 Å². The number of phenolic OH excluding ortho intramolecular Hbond substituents is 1. The van der Waals surface area contributed by atoms with E-state index in [4.69, 9.17) is 4.42 Å². The Hall–Kier alpha value is -4.46. The Bertz CT molecular complexity index is 1650. The van der Waals surface area contributed by atoms with Gasteiger partial charge in [-0.1, -0.05) is 25.1 Å². The maximum absolute atomic E-state index is 13.3. The lowest BCUT2D eigenvalue weighted by Gasteiger charge is -2.18. The molecule has 1 N–H and O–H groups in total. The Morgan fingerprint density at radius 2 is 1.91 bits per heavy atom. The second kappa shape index (κ2) is 8.72. The van der Waals surface area contributed by atoms with Gasteiger partial charge in [-0.2, -0.15) is 5.10 Å². The number of aromatic nitrogens is 3. The number of amides is 1. The smallest absolute Gasteiger partial charge is 0.275 e.